The molecule has 0 atom stereocenters. The summed E-state index contributed by atoms with van der Waals surface area (Å²) in [6.07, 6.45) is 0. The van der Waals surface area contributed by atoms with Crippen molar-refractivity contribution < 1.29 is 36.9 Å². The van der Waals surface area contributed by atoms with Crippen LogP contribution in [0, 0.1) is 23.3 Å². The molecule has 4 nitrogen and oxygen atoms in total. The van der Waals surface area contributed by atoms with Gasteiger partial charge in [0.1, 0.15) is 5.75 Å². The molecule has 0 fully saturated rings. The smallest absolute Gasteiger partial charge is 0.349 e. The monoisotopic (exact) mass is 501 g/mol. The molecule has 4 aromatic carbocycles. The Morgan fingerprint density at radius 2 is 1.17 bits per heavy atom. The third-order valence-corrected chi connectivity index (χ3v) is 7.02. The van der Waals surface area contributed by atoms with Gasteiger partial charge >= 0.3 is 5.97 Å². The van der Waals surface area contributed by atoms with Gasteiger partial charge in [0.05, 0.1) is 10.9 Å². The van der Waals surface area contributed by atoms with Crippen LogP contribution in [0.1, 0.15) is 0 Å². The van der Waals surface area contributed by atoms with Crippen LogP contribution in [0.4, 0.5) is 17.6 Å². The highest BCUT2D eigenvalue weighted by Gasteiger charge is 2.29. The van der Waals surface area contributed by atoms with Gasteiger partial charge in [0, 0.05) is 0 Å². The summed E-state index contributed by atoms with van der Waals surface area (Å²) in [5.41, 5.74) is 0. The summed E-state index contributed by atoms with van der Waals surface area (Å²) in [4.78, 5) is 15.2. The summed E-state index contributed by atoms with van der Waals surface area (Å²) in [5, 5.41) is 9.45. The molecule has 0 unspecified atom stereocenters. The fourth-order valence-corrected chi connectivity index (χ4v) is 5.26. The van der Waals surface area contributed by atoms with E-state index in [1.54, 1.807) is 12.1 Å². The molecule has 0 spiro atoms. The Morgan fingerprint density at radius 3 is 1.71 bits per heavy atom. The van der Waals surface area contributed by atoms with Crippen LogP contribution in [0.5, 0.6) is 17.2 Å². The highest BCUT2D eigenvalue weighted by molar-refractivity contribution is 7.97. The van der Waals surface area contributed by atoms with Crippen molar-refractivity contribution in [3.05, 3.63) is 108 Å². The zero-order valence-corrected chi connectivity index (χ0v) is 18.7. The first-order valence-corrected chi connectivity index (χ1v) is 11.4. The quantitative estimate of drug-likeness (QED) is 0.0840. The van der Waals surface area contributed by atoms with Crippen LogP contribution in [-0.4, -0.2) is 17.7 Å². The molecule has 4 rings (SSSR count). The lowest BCUT2D eigenvalue weighted by atomic mass is 10.2. The zero-order chi connectivity index (χ0) is 24.9. The molecule has 0 saturated heterocycles. The van der Waals surface area contributed by atoms with Crippen LogP contribution in [0.3, 0.4) is 0 Å². The minimum atomic E-state index is -2.22. The Morgan fingerprint density at radius 1 is 0.686 bits per heavy atom. The van der Waals surface area contributed by atoms with Gasteiger partial charge in [-0.15, -0.1) is 0 Å². The standard InChI is InChI=1S/C26H16F4O4S/c27-21-22(28)24(30)26(25(32)23(21)29)34-20(31)15-33-16-11-13-19(14-12-16)35(17-7-3-1-4-8-17)18-9-5-2-6-10-18/h1-14H,15H2/p+1. The second-order valence-corrected chi connectivity index (χ2v) is 9.13. The van der Waals surface area contributed by atoms with Gasteiger partial charge < -0.3 is 14.6 Å². The number of phenolic OH excluding ortho intramolecular Hbond substituents is 1. The summed E-state index contributed by atoms with van der Waals surface area (Å²) in [7, 11) is -0.392. The van der Waals surface area contributed by atoms with E-state index in [-0.39, 0.29) is 5.75 Å². The molecule has 0 aromatic heterocycles. The molecule has 1 N–H and O–H groups in total. The summed E-state index contributed by atoms with van der Waals surface area (Å²) < 4.78 is 63.5. The lowest BCUT2D eigenvalue weighted by Gasteiger charge is -2.11. The maximum atomic E-state index is 13.8. The van der Waals surface area contributed by atoms with E-state index in [1.165, 1.54) is 0 Å². The average molecular weight is 501 g/mol. The van der Waals surface area contributed by atoms with Crippen molar-refractivity contribution in [3.63, 3.8) is 0 Å². The molecule has 0 aliphatic heterocycles. The summed E-state index contributed by atoms with van der Waals surface area (Å²) in [6.45, 7) is -0.762. The lowest BCUT2D eigenvalue weighted by Crippen LogP contribution is -2.19. The molecule has 35 heavy (non-hydrogen) atoms. The van der Waals surface area contributed by atoms with Crippen molar-refractivity contribution >= 4 is 16.9 Å². The number of aromatic hydroxyl groups is 1. The highest BCUT2D eigenvalue weighted by Crippen LogP contribution is 2.36. The molecule has 0 saturated carbocycles. The fourth-order valence-electron chi connectivity index (χ4n) is 3.17. The number of ether oxygens (including phenoxy) is 2. The predicted molar refractivity (Wildman–Crippen MR) is 121 cm³/mol. The molecule has 0 aliphatic rings. The maximum Gasteiger partial charge on any atom is 0.349 e. The van der Waals surface area contributed by atoms with Gasteiger partial charge in [0.2, 0.25) is 34.8 Å². The normalized spacial score (nSPS) is 10.9. The third kappa shape index (κ3) is 5.25. The molecule has 0 bridgehead atoms. The van der Waals surface area contributed by atoms with Crippen molar-refractivity contribution in [2.24, 2.45) is 0 Å². The summed E-state index contributed by atoms with van der Waals surface area (Å²) in [6, 6.07) is 26.8. The molecule has 0 aliphatic carbocycles. The molecular formula is C26H17F4O4S+. The van der Waals surface area contributed by atoms with Gasteiger partial charge in [-0.3, -0.25) is 0 Å². The number of carbonyl (C=O) groups is 1. The molecular weight excluding hydrogens is 484 g/mol. The Labute approximate surface area is 200 Å². The first-order chi connectivity index (χ1) is 16.9. The van der Waals surface area contributed by atoms with Crippen molar-refractivity contribution in [1.82, 2.24) is 0 Å². The first kappa shape index (κ1) is 24.2. The number of carbonyl (C=O) groups excluding carboxylic acids is 1. The number of hydrogen-bond donors (Lipinski definition) is 1. The zero-order valence-electron chi connectivity index (χ0n) is 17.9. The van der Waals surface area contributed by atoms with Crippen LogP contribution in [-0.2, 0) is 15.7 Å². The Bertz CT molecular complexity index is 1260. The topological polar surface area (TPSA) is 55.8 Å². The number of esters is 1. The van der Waals surface area contributed by atoms with E-state index in [1.807, 2.05) is 72.8 Å². The number of hydrogen-bond acceptors (Lipinski definition) is 4. The van der Waals surface area contributed by atoms with Crippen molar-refractivity contribution in [2.45, 2.75) is 14.7 Å². The number of rotatable bonds is 7. The van der Waals surface area contributed by atoms with Gasteiger partial charge in [-0.1, -0.05) is 36.4 Å². The second kappa shape index (κ2) is 10.5. The van der Waals surface area contributed by atoms with Gasteiger partial charge in [-0.2, -0.15) is 8.78 Å². The summed E-state index contributed by atoms with van der Waals surface area (Å²) in [5.74, 6) is -12.7. The molecule has 9 heteroatoms. The Balaban J connectivity index is 1.48. The van der Waals surface area contributed by atoms with E-state index in [9.17, 15) is 27.5 Å². The van der Waals surface area contributed by atoms with Gasteiger partial charge in [0.25, 0.3) is 0 Å². The van der Waals surface area contributed by atoms with Gasteiger partial charge in [-0.25, -0.2) is 13.6 Å². The van der Waals surface area contributed by atoms with Crippen molar-refractivity contribution in [3.8, 4) is 17.2 Å². The molecule has 178 valence electrons. The van der Waals surface area contributed by atoms with Crippen LogP contribution in [0.2, 0.25) is 0 Å². The number of benzene rings is 4. The van der Waals surface area contributed by atoms with Gasteiger partial charge in [-0.05, 0) is 48.5 Å². The minimum absolute atomic E-state index is 0.275. The SMILES string of the molecule is O=C(COc1ccc([S+](c2ccccc2)c2ccccc2)cc1)Oc1c(O)c(F)c(F)c(F)c1F. The predicted octanol–water partition coefficient (Wildman–Crippen LogP) is 6.03. The summed E-state index contributed by atoms with van der Waals surface area (Å²) >= 11 is 0. The molecule has 4 aromatic rings. The first-order valence-electron chi connectivity index (χ1n) is 10.2. The second-order valence-electron chi connectivity index (χ2n) is 7.10. The van der Waals surface area contributed by atoms with Crippen LogP contribution in [0.15, 0.2) is 99.6 Å². The Hall–Kier alpha value is -3.98. The van der Waals surface area contributed by atoms with E-state index in [4.69, 9.17) is 4.74 Å². The largest absolute Gasteiger partial charge is 0.502 e. The fraction of sp³-hybridized carbons (Fsp3) is 0.0385. The number of halogens is 4. The van der Waals surface area contributed by atoms with Crippen LogP contribution in [0.25, 0.3) is 0 Å². The van der Waals surface area contributed by atoms with E-state index in [0.717, 1.165) is 14.7 Å². The van der Waals surface area contributed by atoms with E-state index >= 15 is 0 Å². The van der Waals surface area contributed by atoms with E-state index < -0.39 is 58.2 Å². The number of phenols is 1. The van der Waals surface area contributed by atoms with Crippen LogP contribution >= 0.6 is 0 Å². The molecule has 0 radical (unpaired) electrons. The average Bonchev–Trinajstić information content (AvgIpc) is 2.90. The molecule has 0 amide bonds. The van der Waals surface area contributed by atoms with Crippen molar-refractivity contribution in [1.29, 1.82) is 0 Å². The maximum absolute atomic E-state index is 13.8. The third-order valence-electron chi connectivity index (χ3n) is 4.79. The highest BCUT2D eigenvalue weighted by atomic mass is 32.2. The lowest BCUT2D eigenvalue weighted by molar-refractivity contribution is -0.137. The van der Waals surface area contributed by atoms with Crippen molar-refractivity contribution in [2.75, 3.05) is 6.61 Å². The minimum Gasteiger partial charge on any atom is -0.502 e. The van der Waals surface area contributed by atoms with E-state index in [2.05, 4.69) is 4.74 Å². The van der Waals surface area contributed by atoms with E-state index in [0.29, 0.717) is 0 Å². The Kier molecular flexibility index (Phi) is 7.26. The van der Waals surface area contributed by atoms with Crippen LogP contribution < -0.4 is 9.47 Å². The van der Waals surface area contributed by atoms with Gasteiger partial charge in [0.15, 0.2) is 21.3 Å². The molecule has 0 heterocycles.